The second-order valence-corrected chi connectivity index (χ2v) is 9.43. The zero-order chi connectivity index (χ0) is 25.4. The van der Waals surface area contributed by atoms with Crippen LogP contribution >= 0.6 is 0 Å². The number of carbonyl (C=O) groups is 4. The molecule has 2 rings (SSSR count). The molecule has 1 aliphatic rings. The fraction of sp³-hybridized carbons (Fsp3) is 0.600. The van der Waals surface area contributed by atoms with Crippen LogP contribution in [-0.4, -0.2) is 64.4 Å². The number of carboxylic acids is 1. The molecule has 1 aromatic carbocycles. The van der Waals surface area contributed by atoms with E-state index in [4.69, 9.17) is 5.73 Å². The highest BCUT2D eigenvalue weighted by atomic mass is 16.4. The molecule has 3 amide bonds. The Bertz CT molecular complexity index is 860. The van der Waals surface area contributed by atoms with Gasteiger partial charge in [-0.3, -0.25) is 14.4 Å². The van der Waals surface area contributed by atoms with Crippen molar-refractivity contribution < 1.29 is 24.3 Å². The zero-order valence-corrected chi connectivity index (χ0v) is 20.5. The Hall–Kier alpha value is -2.94. The molecule has 5 N–H and O–H groups in total. The average molecular weight is 475 g/mol. The predicted octanol–water partition coefficient (Wildman–Crippen LogP) is 1.30. The van der Waals surface area contributed by atoms with Crippen LogP contribution < -0.4 is 16.4 Å². The van der Waals surface area contributed by atoms with Gasteiger partial charge >= 0.3 is 5.97 Å². The van der Waals surface area contributed by atoms with Crippen molar-refractivity contribution in [1.29, 1.82) is 0 Å². The van der Waals surface area contributed by atoms with Gasteiger partial charge in [0.15, 0.2) is 0 Å². The average Bonchev–Trinajstić information content (AvgIpc) is 3.29. The lowest BCUT2D eigenvalue weighted by molar-refractivity contribution is -0.144. The third-order valence-corrected chi connectivity index (χ3v) is 6.48. The zero-order valence-electron chi connectivity index (χ0n) is 20.5. The quantitative estimate of drug-likeness (QED) is 0.381. The van der Waals surface area contributed by atoms with Crippen LogP contribution in [0.3, 0.4) is 0 Å². The first kappa shape index (κ1) is 27.3. The Balaban J connectivity index is 2.07. The van der Waals surface area contributed by atoms with Gasteiger partial charge in [0.1, 0.15) is 18.1 Å². The fourth-order valence-corrected chi connectivity index (χ4v) is 4.18. The smallest absolute Gasteiger partial charge is 0.326 e. The Kier molecular flexibility index (Phi) is 10.0. The van der Waals surface area contributed by atoms with Crippen molar-refractivity contribution in [1.82, 2.24) is 15.5 Å². The summed E-state index contributed by atoms with van der Waals surface area (Å²) in [6.07, 6.45) is 2.09. The third-order valence-electron chi connectivity index (χ3n) is 6.48. The number of hydrogen-bond acceptors (Lipinski definition) is 5. The molecule has 0 spiro atoms. The molecule has 5 unspecified atom stereocenters. The summed E-state index contributed by atoms with van der Waals surface area (Å²) in [6, 6.07) is 6.00. The summed E-state index contributed by atoms with van der Waals surface area (Å²) in [6.45, 7) is 7.58. The fourth-order valence-electron chi connectivity index (χ4n) is 4.18. The molecule has 1 fully saturated rings. The van der Waals surface area contributed by atoms with E-state index in [1.54, 1.807) is 20.8 Å². The van der Waals surface area contributed by atoms with Crippen LogP contribution in [0.15, 0.2) is 30.3 Å². The van der Waals surface area contributed by atoms with Crippen molar-refractivity contribution in [2.45, 2.75) is 77.5 Å². The van der Waals surface area contributed by atoms with Gasteiger partial charge in [0.2, 0.25) is 17.7 Å². The maximum Gasteiger partial charge on any atom is 0.326 e. The van der Waals surface area contributed by atoms with Crippen molar-refractivity contribution >= 4 is 23.7 Å². The minimum absolute atomic E-state index is 0.265. The summed E-state index contributed by atoms with van der Waals surface area (Å²) in [4.78, 5) is 52.2. The minimum Gasteiger partial charge on any atom is -0.480 e. The van der Waals surface area contributed by atoms with Gasteiger partial charge in [-0.15, -0.1) is 0 Å². The number of benzene rings is 1. The molecule has 188 valence electrons. The summed E-state index contributed by atoms with van der Waals surface area (Å²) < 4.78 is 0. The summed E-state index contributed by atoms with van der Waals surface area (Å²) in [5.74, 6) is -2.93. The first-order valence-corrected chi connectivity index (χ1v) is 12.0. The number of carbonyl (C=O) groups excluding carboxylic acids is 3. The third kappa shape index (κ3) is 7.03. The summed E-state index contributed by atoms with van der Waals surface area (Å²) in [7, 11) is 0. The van der Waals surface area contributed by atoms with Crippen molar-refractivity contribution in [2.24, 2.45) is 17.6 Å². The molecule has 0 aromatic heterocycles. The number of hydrogen-bond donors (Lipinski definition) is 4. The van der Waals surface area contributed by atoms with Gasteiger partial charge in [-0.05, 0) is 36.7 Å². The molecular formula is C25H38N4O5. The standard InChI is InChI=1S/C25H38N4O5/c1-5-16(4)21(25(33)34)28-23(31)20(15(2)3)27-22(30)19-12-9-13-29(19)24(32)18(26)14-17-10-7-6-8-11-17/h6-8,10-11,15-16,18-21H,5,9,12-14,26H2,1-4H3,(H,27,30)(H,28,31)(H,33,34). The first-order chi connectivity index (χ1) is 16.1. The molecule has 1 aromatic rings. The lowest BCUT2D eigenvalue weighted by Crippen LogP contribution is -2.58. The molecule has 0 aliphatic carbocycles. The largest absolute Gasteiger partial charge is 0.480 e. The van der Waals surface area contributed by atoms with Gasteiger partial charge in [0.25, 0.3) is 0 Å². The maximum atomic E-state index is 13.1. The van der Waals surface area contributed by atoms with E-state index in [2.05, 4.69) is 10.6 Å². The highest BCUT2D eigenvalue weighted by Gasteiger charge is 2.38. The number of aliphatic carboxylic acids is 1. The molecule has 1 heterocycles. The number of carboxylic acid groups (broad SMARTS) is 1. The molecule has 1 saturated heterocycles. The lowest BCUT2D eigenvalue weighted by atomic mass is 9.97. The van der Waals surface area contributed by atoms with Crippen molar-refractivity contribution in [3.63, 3.8) is 0 Å². The van der Waals surface area contributed by atoms with E-state index in [1.807, 2.05) is 37.3 Å². The maximum absolute atomic E-state index is 13.1. The molecule has 0 bridgehead atoms. The van der Waals surface area contributed by atoms with Crippen molar-refractivity contribution in [3.05, 3.63) is 35.9 Å². The van der Waals surface area contributed by atoms with E-state index in [0.717, 1.165) is 5.56 Å². The van der Waals surface area contributed by atoms with Crippen molar-refractivity contribution in [2.75, 3.05) is 6.54 Å². The van der Waals surface area contributed by atoms with E-state index in [-0.39, 0.29) is 17.7 Å². The van der Waals surface area contributed by atoms with Crippen LogP contribution in [-0.2, 0) is 25.6 Å². The highest BCUT2D eigenvalue weighted by molar-refractivity contribution is 5.94. The van der Waals surface area contributed by atoms with E-state index < -0.39 is 42.0 Å². The normalized spacial score (nSPS) is 19.2. The molecule has 34 heavy (non-hydrogen) atoms. The molecule has 0 saturated carbocycles. The minimum atomic E-state index is -1.11. The Morgan fingerprint density at radius 2 is 1.74 bits per heavy atom. The van der Waals surface area contributed by atoms with E-state index in [1.165, 1.54) is 4.90 Å². The Labute approximate surface area is 201 Å². The molecule has 9 heteroatoms. The van der Waals surface area contributed by atoms with Crippen LogP contribution in [0.5, 0.6) is 0 Å². The predicted molar refractivity (Wildman–Crippen MR) is 129 cm³/mol. The van der Waals surface area contributed by atoms with Gasteiger partial charge in [-0.1, -0.05) is 64.4 Å². The number of nitrogens with zero attached hydrogens (tertiary/aromatic N) is 1. The lowest BCUT2D eigenvalue weighted by Gasteiger charge is -2.30. The van der Waals surface area contributed by atoms with Crippen molar-refractivity contribution in [3.8, 4) is 0 Å². The Morgan fingerprint density at radius 3 is 2.29 bits per heavy atom. The summed E-state index contributed by atoms with van der Waals surface area (Å²) in [5.41, 5.74) is 7.11. The van der Waals surface area contributed by atoms with Crippen LogP contribution in [0.2, 0.25) is 0 Å². The van der Waals surface area contributed by atoms with Gasteiger partial charge in [-0.2, -0.15) is 0 Å². The number of rotatable bonds is 11. The SMILES string of the molecule is CCC(C)C(NC(=O)C(NC(=O)C1CCCN1C(=O)C(N)Cc1ccccc1)C(C)C)C(=O)O. The second kappa shape index (κ2) is 12.5. The van der Waals surface area contributed by atoms with Gasteiger partial charge in [0.05, 0.1) is 6.04 Å². The monoisotopic (exact) mass is 474 g/mol. The van der Waals surface area contributed by atoms with Crippen LogP contribution in [0, 0.1) is 11.8 Å². The number of likely N-dealkylation sites (tertiary alicyclic amines) is 1. The Morgan fingerprint density at radius 1 is 1.09 bits per heavy atom. The number of nitrogens with two attached hydrogens (primary N) is 1. The van der Waals surface area contributed by atoms with Crippen LogP contribution in [0.4, 0.5) is 0 Å². The van der Waals surface area contributed by atoms with Gasteiger partial charge < -0.3 is 26.4 Å². The summed E-state index contributed by atoms with van der Waals surface area (Å²) >= 11 is 0. The van der Waals surface area contributed by atoms with Crippen LogP contribution in [0.25, 0.3) is 0 Å². The van der Waals surface area contributed by atoms with Crippen LogP contribution in [0.1, 0.15) is 52.5 Å². The molecule has 5 atom stereocenters. The highest BCUT2D eigenvalue weighted by Crippen LogP contribution is 2.20. The van der Waals surface area contributed by atoms with Gasteiger partial charge in [0, 0.05) is 6.54 Å². The molecular weight excluding hydrogens is 436 g/mol. The first-order valence-electron chi connectivity index (χ1n) is 12.0. The second-order valence-electron chi connectivity index (χ2n) is 9.43. The number of amides is 3. The molecule has 1 aliphatic heterocycles. The van der Waals surface area contributed by atoms with E-state index >= 15 is 0 Å². The topological polar surface area (TPSA) is 142 Å². The van der Waals surface area contributed by atoms with Gasteiger partial charge in [-0.25, -0.2) is 4.79 Å². The van der Waals surface area contributed by atoms with E-state index in [0.29, 0.717) is 32.2 Å². The van der Waals surface area contributed by atoms with E-state index in [9.17, 15) is 24.3 Å². The molecule has 0 radical (unpaired) electrons. The summed E-state index contributed by atoms with van der Waals surface area (Å²) in [5, 5.41) is 14.8. The number of nitrogens with one attached hydrogen (secondary N) is 2. The molecule has 9 nitrogen and oxygen atoms in total.